The van der Waals surface area contributed by atoms with E-state index in [4.69, 9.17) is 14.1 Å². The van der Waals surface area contributed by atoms with Crippen LogP contribution in [0.25, 0.3) is 22.0 Å². The molecule has 6 aromatic rings. The van der Waals surface area contributed by atoms with Gasteiger partial charge in [0.15, 0.2) is 5.58 Å². The molecular weight excluding hydrogens is 961 g/mol. The minimum Gasteiger partial charge on any atom is -0.488 e. The van der Waals surface area contributed by atoms with Crippen LogP contribution in [0.5, 0.6) is 5.75 Å². The van der Waals surface area contributed by atoms with Crippen molar-refractivity contribution in [3.05, 3.63) is 87.1 Å². The summed E-state index contributed by atoms with van der Waals surface area (Å²) in [7, 11) is -2.73. The maximum absolute atomic E-state index is 13.7. The molecule has 3 aromatic heterocycles. The number of nitrogens with one attached hydrogen (secondary N) is 5. The number of ether oxygens (including phenoxy) is 1. The van der Waals surface area contributed by atoms with Gasteiger partial charge in [-0.3, -0.25) is 24.5 Å². The predicted molar refractivity (Wildman–Crippen MR) is 275 cm³/mol. The zero-order valence-electron chi connectivity index (χ0n) is 39.4. The number of halogens is 1. The summed E-state index contributed by atoms with van der Waals surface area (Å²) in [6, 6.07) is 17.5. The lowest BCUT2D eigenvalue weighted by Gasteiger charge is -2.41. The van der Waals surface area contributed by atoms with E-state index in [-0.39, 0.29) is 24.9 Å². The van der Waals surface area contributed by atoms with Crippen molar-refractivity contribution in [2.45, 2.75) is 77.0 Å². The molecule has 6 heterocycles. The molecule has 1 atom stereocenters. The summed E-state index contributed by atoms with van der Waals surface area (Å²) in [5.74, 6) is 0.823. The molecule has 4 fully saturated rings. The Morgan fingerprint density at radius 3 is 2.48 bits per heavy atom. The molecule has 1 aliphatic carbocycles. The van der Waals surface area contributed by atoms with Crippen molar-refractivity contribution in [3.63, 3.8) is 0 Å². The van der Waals surface area contributed by atoms with Gasteiger partial charge < -0.3 is 44.8 Å². The first-order valence-corrected chi connectivity index (χ1v) is 27.5. The highest BCUT2D eigenvalue weighted by Crippen LogP contribution is 2.43. The summed E-state index contributed by atoms with van der Waals surface area (Å²) < 4.78 is 28.0. The molecule has 362 valence electrons. The van der Waals surface area contributed by atoms with Crippen LogP contribution in [0.4, 0.5) is 34.5 Å². The number of carbonyl (C=O) groups is 2. The lowest BCUT2D eigenvalue weighted by Crippen LogP contribution is -2.51. The summed E-state index contributed by atoms with van der Waals surface area (Å²) in [5, 5.41) is 18.3. The molecule has 4 aliphatic rings. The van der Waals surface area contributed by atoms with Crippen LogP contribution in [0, 0.1) is 12.8 Å². The topological polar surface area (TPSA) is 201 Å². The van der Waals surface area contributed by atoms with Crippen LogP contribution in [0.15, 0.2) is 74.5 Å². The number of oxazole rings is 1. The number of imide groups is 1. The Morgan fingerprint density at radius 2 is 1.72 bits per heavy atom. The van der Waals surface area contributed by atoms with Crippen LogP contribution in [0.3, 0.4) is 0 Å². The largest absolute Gasteiger partial charge is 0.488 e. The third kappa shape index (κ3) is 10.1. The number of anilines is 6. The van der Waals surface area contributed by atoms with Crippen molar-refractivity contribution in [1.29, 1.82) is 0 Å². The molecule has 5 N–H and O–H groups in total. The Labute approximate surface area is 409 Å². The molecule has 0 bridgehead atoms. The summed E-state index contributed by atoms with van der Waals surface area (Å²) in [6.45, 7) is 13.9. The van der Waals surface area contributed by atoms with Crippen molar-refractivity contribution in [3.8, 4) is 5.75 Å². The van der Waals surface area contributed by atoms with Crippen LogP contribution in [0.2, 0.25) is 0 Å². The Morgan fingerprint density at radius 1 is 0.913 bits per heavy atom. The maximum Gasteiger partial charge on any atom is 0.420 e. The van der Waals surface area contributed by atoms with Crippen LogP contribution in [0.1, 0.15) is 62.7 Å². The van der Waals surface area contributed by atoms with Crippen molar-refractivity contribution in [2.75, 3.05) is 79.6 Å². The normalized spacial score (nSPS) is 18.2. The highest BCUT2D eigenvalue weighted by Gasteiger charge is 2.34. The first-order valence-electron chi connectivity index (χ1n) is 24.1. The second kappa shape index (κ2) is 19.5. The number of fused-ring (bicyclic) bond motifs is 2. The number of piperidine rings is 2. The molecule has 0 spiro atoms. The molecule has 1 saturated carbocycles. The number of aryl methyl sites for hydroxylation is 2. The molecule has 3 saturated heterocycles. The van der Waals surface area contributed by atoms with Gasteiger partial charge in [-0.15, -0.1) is 0 Å². The monoisotopic (exact) mass is 1020 g/mol. The van der Waals surface area contributed by atoms with E-state index in [0.717, 1.165) is 117 Å². The Bertz CT molecular complexity index is 3050. The van der Waals surface area contributed by atoms with Crippen LogP contribution in [-0.4, -0.2) is 103 Å². The molecule has 2 amide bonds. The average molecular weight is 1020 g/mol. The van der Waals surface area contributed by atoms with Crippen molar-refractivity contribution >= 4 is 96.7 Å². The van der Waals surface area contributed by atoms with Gasteiger partial charge in [-0.25, -0.2) is 9.78 Å². The van der Waals surface area contributed by atoms with Gasteiger partial charge in [0.2, 0.25) is 17.8 Å². The first-order chi connectivity index (χ1) is 33.3. The predicted octanol–water partition coefficient (Wildman–Crippen LogP) is 7.10. The molecule has 19 heteroatoms. The van der Waals surface area contributed by atoms with E-state index in [1.54, 1.807) is 25.6 Å². The van der Waals surface area contributed by atoms with Gasteiger partial charge in [-0.1, -0.05) is 19.1 Å². The molecule has 69 heavy (non-hydrogen) atoms. The molecule has 10 rings (SSSR count). The quantitative estimate of drug-likeness (QED) is 0.0352. The zero-order chi connectivity index (χ0) is 48.0. The van der Waals surface area contributed by atoms with Crippen molar-refractivity contribution < 1.29 is 23.3 Å². The van der Waals surface area contributed by atoms with Crippen LogP contribution >= 0.6 is 23.1 Å². The number of nitrogens with zero attached hydrogens (tertiary/aromatic N) is 6. The molecule has 0 radical (unpaired) electrons. The maximum atomic E-state index is 13.7. The number of hydrogen-bond acceptors (Lipinski definition) is 15. The van der Waals surface area contributed by atoms with E-state index in [0.29, 0.717) is 45.0 Å². The number of para-hydroxylation sites is 1. The number of carbonyl (C=O) groups excluding carboxylic acids is 2. The molecular formula is C50H59BrN11O6P. The van der Waals surface area contributed by atoms with Gasteiger partial charge >= 0.3 is 5.76 Å². The molecule has 3 aromatic carbocycles. The summed E-state index contributed by atoms with van der Waals surface area (Å²) in [4.78, 5) is 56.1. The number of pyridine rings is 1. The lowest BCUT2D eigenvalue weighted by molar-refractivity contribution is -0.135. The van der Waals surface area contributed by atoms with Gasteiger partial charge in [-0.05, 0) is 117 Å². The van der Waals surface area contributed by atoms with Crippen LogP contribution in [-0.2, 0) is 20.6 Å². The summed E-state index contributed by atoms with van der Waals surface area (Å²) >= 11 is 3.64. The lowest BCUT2D eigenvalue weighted by atomic mass is 9.98. The molecule has 3 aliphatic heterocycles. The van der Waals surface area contributed by atoms with E-state index in [9.17, 15) is 18.9 Å². The number of rotatable bonds is 17. The fraction of sp³-hybridized carbons (Fsp3) is 0.440. The number of benzene rings is 3. The fourth-order valence-corrected chi connectivity index (χ4v) is 11.7. The fourth-order valence-electron chi connectivity index (χ4n) is 9.89. The smallest absolute Gasteiger partial charge is 0.420 e. The third-order valence-electron chi connectivity index (χ3n) is 13.6. The number of amides is 2. The van der Waals surface area contributed by atoms with E-state index in [1.165, 1.54) is 15.8 Å². The Kier molecular flexibility index (Phi) is 13.3. The SMILES string of the molecule is CCc1cc(Nc2ncc(Br)c(Nc3ccc4nc(C)ccc4c3P(C)(C)=O)n2)c(OC2CC2)cc1N1CCC(NCCNCC2CN(c3cccc4c3oc(=O)n4C3CCC(=O)NC3=O)C2)CC1. The number of aromatic nitrogens is 4. The highest BCUT2D eigenvalue weighted by atomic mass is 79.9. The average Bonchev–Trinajstić information content (AvgIpc) is 4.07. The standard InChI is InChI=1S/C50H59BrN11O6P/c1-5-31-23-38(57-49-54-26-35(51)47(59-49)56-37-14-13-36-34(12-9-29(2)55-36)46(37)69(3,4)66)43(67-33-10-11-33)24-42(31)60-21-17-32(18-22-60)53-20-19-52-25-30-27-61(28-30)39-7-6-8-40-45(39)68-50(65)62(40)41-15-16-44(63)58-48(41)64/h6-9,12-14,23-24,26,30,32-33,41,52-53H,5,10-11,15-22,25,27-28H2,1-4H3,(H,58,63,64)(H2,54,56,57,59). The summed E-state index contributed by atoms with van der Waals surface area (Å²) in [5.41, 5.74) is 7.56. The molecule has 1 unspecified atom stereocenters. The van der Waals surface area contributed by atoms with Crippen molar-refractivity contribution in [1.82, 2.24) is 35.5 Å². The second-order valence-electron chi connectivity index (χ2n) is 19.1. The van der Waals surface area contributed by atoms with Crippen molar-refractivity contribution in [2.24, 2.45) is 5.92 Å². The Balaban J connectivity index is 0.725. The second-order valence-corrected chi connectivity index (χ2v) is 23.1. The third-order valence-corrected chi connectivity index (χ3v) is 15.7. The van der Waals surface area contributed by atoms with E-state index in [2.05, 4.69) is 81.3 Å². The first kappa shape index (κ1) is 46.9. The Hall–Kier alpha value is -5.81. The van der Waals surface area contributed by atoms with Crippen LogP contribution < -0.4 is 52.2 Å². The summed E-state index contributed by atoms with van der Waals surface area (Å²) in [6.07, 6.45) is 7.34. The van der Waals surface area contributed by atoms with Gasteiger partial charge in [0.05, 0.1) is 38.7 Å². The van der Waals surface area contributed by atoms with Gasteiger partial charge in [-0.2, -0.15) is 4.98 Å². The minimum absolute atomic E-state index is 0.184. The number of hydrogen-bond donors (Lipinski definition) is 5. The van der Waals surface area contributed by atoms with E-state index in [1.807, 2.05) is 43.3 Å². The van der Waals surface area contributed by atoms with E-state index < -0.39 is 24.8 Å². The minimum atomic E-state index is -2.73. The zero-order valence-corrected chi connectivity index (χ0v) is 41.9. The van der Waals surface area contributed by atoms with Gasteiger partial charge in [0.25, 0.3) is 0 Å². The molecule has 17 nitrogen and oxygen atoms in total. The van der Waals surface area contributed by atoms with Gasteiger partial charge in [0, 0.05) is 98.5 Å². The van der Waals surface area contributed by atoms with Gasteiger partial charge in [0.1, 0.15) is 24.8 Å². The highest BCUT2D eigenvalue weighted by molar-refractivity contribution is 9.10. The van der Waals surface area contributed by atoms with E-state index >= 15 is 0 Å².